The first-order chi connectivity index (χ1) is 11.2. The van der Waals surface area contributed by atoms with Crippen LogP contribution in [0.5, 0.6) is 0 Å². The molecule has 5 heteroatoms. The summed E-state index contributed by atoms with van der Waals surface area (Å²) in [6, 6.07) is 10.1. The summed E-state index contributed by atoms with van der Waals surface area (Å²) < 4.78 is 0. The summed E-state index contributed by atoms with van der Waals surface area (Å²) in [7, 11) is 0. The van der Waals surface area contributed by atoms with Gasteiger partial charge in [-0.15, -0.1) is 0 Å². The zero-order valence-electron chi connectivity index (χ0n) is 13.5. The lowest BCUT2D eigenvalue weighted by atomic mass is 9.99. The van der Waals surface area contributed by atoms with Crippen LogP contribution in [0.4, 0.5) is 0 Å². The fourth-order valence-electron chi connectivity index (χ4n) is 3.06. The molecule has 5 nitrogen and oxygen atoms in total. The third-order valence-corrected chi connectivity index (χ3v) is 4.32. The molecule has 2 N–H and O–H groups in total. The molecular formula is C18H26N2O3. The van der Waals surface area contributed by atoms with Gasteiger partial charge in [0.2, 0.25) is 0 Å². The number of hydrogen-bond donors (Lipinski definition) is 2. The normalized spacial score (nSPS) is 17.8. The predicted molar refractivity (Wildman–Crippen MR) is 88.8 cm³/mol. The number of aliphatic hydroxyl groups excluding tert-OH is 1. The van der Waals surface area contributed by atoms with Crippen molar-refractivity contribution in [2.45, 2.75) is 44.6 Å². The summed E-state index contributed by atoms with van der Waals surface area (Å²) in [5, 5.41) is 11.8. The Kier molecular flexibility index (Phi) is 7.07. The molecule has 126 valence electrons. The van der Waals surface area contributed by atoms with Gasteiger partial charge < -0.3 is 15.3 Å². The van der Waals surface area contributed by atoms with Gasteiger partial charge in [-0.25, -0.2) is 0 Å². The summed E-state index contributed by atoms with van der Waals surface area (Å²) >= 11 is 0. The summed E-state index contributed by atoms with van der Waals surface area (Å²) in [5.41, 5.74) is 1.23. The van der Waals surface area contributed by atoms with E-state index in [0.29, 0.717) is 19.5 Å². The predicted octanol–water partition coefficient (Wildman–Crippen LogP) is 1.50. The summed E-state index contributed by atoms with van der Waals surface area (Å²) in [6.45, 7) is 1.16. The maximum absolute atomic E-state index is 12.3. The minimum absolute atomic E-state index is 0.00341. The molecule has 0 saturated carbocycles. The van der Waals surface area contributed by atoms with Gasteiger partial charge in [-0.2, -0.15) is 0 Å². The first-order valence-corrected chi connectivity index (χ1v) is 8.46. The maximum atomic E-state index is 12.3. The number of likely N-dealkylation sites (tertiary alicyclic amines) is 1. The van der Waals surface area contributed by atoms with Crippen LogP contribution in [-0.4, -0.2) is 47.6 Å². The van der Waals surface area contributed by atoms with Crippen LogP contribution < -0.4 is 5.32 Å². The zero-order chi connectivity index (χ0) is 16.5. The number of aliphatic hydroxyl groups is 1. The number of nitrogens with zero attached hydrogens (tertiary/aromatic N) is 1. The van der Waals surface area contributed by atoms with Gasteiger partial charge in [0.05, 0.1) is 0 Å². The fraction of sp³-hybridized carbons (Fsp3) is 0.556. The summed E-state index contributed by atoms with van der Waals surface area (Å²) in [6.07, 6.45) is 5.08. The van der Waals surface area contributed by atoms with Crippen molar-refractivity contribution >= 4 is 11.8 Å². The average molecular weight is 318 g/mol. The molecule has 23 heavy (non-hydrogen) atoms. The standard InChI is InChI=1S/C18H26N2O3/c21-14-11-16-10-4-5-13-20(16)18(23)17(22)19-12-6-9-15-7-2-1-3-8-15/h1-3,7-8,16,21H,4-6,9-14H2,(H,19,22). The molecule has 1 aromatic carbocycles. The molecule has 1 aromatic rings. The van der Waals surface area contributed by atoms with E-state index < -0.39 is 11.8 Å². The second kappa shape index (κ2) is 9.30. The van der Waals surface area contributed by atoms with Crippen LogP contribution in [0.1, 0.15) is 37.7 Å². The Morgan fingerprint density at radius 3 is 2.74 bits per heavy atom. The van der Waals surface area contributed by atoms with Crippen LogP contribution in [0, 0.1) is 0 Å². The van der Waals surface area contributed by atoms with Crippen LogP contribution in [0.25, 0.3) is 0 Å². The highest BCUT2D eigenvalue weighted by Gasteiger charge is 2.29. The Labute approximate surface area is 137 Å². The minimum atomic E-state index is -0.525. The molecule has 1 saturated heterocycles. The Bertz CT molecular complexity index is 502. The number of carbonyl (C=O) groups is 2. The quantitative estimate of drug-likeness (QED) is 0.617. The summed E-state index contributed by atoms with van der Waals surface area (Å²) in [4.78, 5) is 25.9. The highest BCUT2D eigenvalue weighted by Crippen LogP contribution is 2.19. The van der Waals surface area contributed by atoms with Gasteiger partial charge in [0.1, 0.15) is 0 Å². The van der Waals surface area contributed by atoms with Crippen molar-refractivity contribution in [2.24, 2.45) is 0 Å². The molecule has 1 heterocycles. The molecule has 2 amide bonds. The SMILES string of the molecule is O=C(NCCCc1ccccc1)C(=O)N1CCCCC1CCO. The van der Waals surface area contributed by atoms with Crippen molar-refractivity contribution in [3.63, 3.8) is 0 Å². The van der Waals surface area contributed by atoms with Gasteiger partial charge in [-0.3, -0.25) is 9.59 Å². The van der Waals surface area contributed by atoms with E-state index in [2.05, 4.69) is 17.4 Å². The molecule has 0 aromatic heterocycles. The van der Waals surface area contributed by atoms with E-state index in [4.69, 9.17) is 5.11 Å². The zero-order valence-corrected chi connectivity index (χ0v) is 13.5. The number of rotatable bonds is 6. The van der Waals surface area contributed by atoms with E-state index in [1.165, 1.54) is 5.56 Å². The van der Waals surface area contributed by atoms with Gasteiger partial charge in [-0.1, -0.05) is 30.3 Å². The molecule has 1 atom stereocenters. The largest absolute Gasteiger partial charge is 0.396 e. The first kappa shape index (κ1) is 17.5. The number of amides is 2. The number of benzene rings is 1. The fourth-order valence-corrected chi connectivity index (χ4v) is 3.06. The topological polar surface area (TPSA) is 69.6 Å². The van der Waals surface area contributed by atoms with Crippen molar-refractivity contribution in [1.82, 2.24) is 10.2 Å². The van der Waals surface area contributed by atoms with Crippen molar-refractivity contribution in [3.05, 3.63) is 35.9 Å². The van der Waals surface area contributed by atoms with Crippen molar-refractivity contribution in [1.29, 1.82) is 0 Å². The molecule has 0 spiro atoms. The molecule has 1 aliphatic rings. The maximum Gasteiger partial charge on any atom is 0.312 e. The van der Waals surface area contributed by atoms with Crippen LogP contribution in [-0.2, 0) is 16.0 Å². The van der Waals surface area contributed by atoms with Gasteiger partial charge in [0.15, 0.2) is 0 Å². The average Bonchev–Trinajstić information content (AvgIpc) is 2.59. The van der Waals surface area contributed by atoms with Gasteiger partial charge in [0, 0.05) is 25.7 Å². The number of piperidine rings is 1. The molecule has 1 fully saturated rings. The van der Waals surface area contributed by atoms with Crippen molar-refractivity contribution in [3.8, 4) is 0 Å². The Balaban J connectivity index is 1.74. The number of aryl methyl sites for hydroxylation is 1. The molecular weight excluding hydrogens is 292 g/mol. The minimum Gasteiger partial charge on any atom is -0.396 e. The van der Waals surface area contributed by atoms with E-state index in [1.54, 1.807) is 4.90 Å². The van der Waals surface area contributed by atoms with Gasteiger partial charge in [-0.05, 0) is 44.1 Å². The van der Waals surface area contributed by atoms with E-state index in [-0.39, 0.29) is 12.6 Å². The van der Waals surface area contributed by atoms with E-state index in [9.17, 15) is 9.59 Å². The third kappa shape index (κ3) is 5.36. The highest BCUT2D eigenvalue weighted by molar-refractivity contribution is 6.35. The Morgan fingerprint density at radius 1 is 1.22 bits per heavy atom. The number of hydrogen-bond acceptors (Lipinski definition) is 3. The second-order valence-corrected chi connectivity index (χ2v) is 6.01. The van der Waals surface area contributed by atoms with Crippen LogP contribution >= 0.6 is 0 Å². The highest BCUT2D eigenvalue weighted by atomic mass is 16.3. The molecule has 0 bridgehead atoms. The van der Waals surface area contributed by atoms with Crippen LogP contribution in [0.3, 0.4) is 0 Å². The summed E-state index contributed by atoms with van der Waals surface area (Å²) in [5.74, 6) is -0.981. The van der Waals surface area contributed by atoms with Gasteiger partial charge in [0.25, 0.3) is 0 Å². The van der Waals surface area contributed by atoms with E-state index >= 15 is 0 Å². The smallest absolute Gasteiger partial charge is 0.312 e. The Morgan fingerprint density at radius 2 is 2.00 bits per heavy atom. The number of nitrogens with one attached hydrogen (secondary N) is 1. The third-order valence-electron chi connectivity index (χ3n) is 4.32. The molecule has 0 radical (unpaired) electrons. The van der Waals surface area contributed by atoms with Crippen molar-refractivity contribution < 1.29 is 14.7 Å². The lowest BCUT2D eigenvalue weighted by Crippen LogP contribution is -2.50. The second-order valence-electron chi connectivity index (χ2n) is 6.01. The van der Waals surface area contributed by atoms with Crippen LogP contribution in [0.2, 0.25) is 0 Å². The lowest BCUT2D eigenvalue weighted by Gasteiger charge is -2.35. The van der Waals surface area contributed by atoms with E-state index in [0.717, 1.165) is 32.1 Å². The molecule has 0 aliphatic carbocycles. The Hall–Kier alpha value is -1.88. The number of carbonyl (C=O) groups excluding carboxylic acids is 2. The molecule has 2 rings (SSSR count). The monoisotopic (exact) mass is 318 g/mol. The van der Waals surface area contributed by atoms with Crippen LogP contribution in [0.15, 0.2) is 30.3 Å². The van der Waals surface area contributed by atoms with E-state index in [1.807, 2.05) is 18.2 Å². The molecule has 1 aliphatic heterocycles. The van der Waals surface area contributed by atoms with Crippen molar-refractivity contribution in [2.75, 3.05) is 19.7 Å². The first-order valence-electron chi connectivity index (χ1n) is 8.46. The molecule has 1 unspecified atom stereocenters. The lowest BCUT2D eigenvalue weighted by molar-refractivity contribution is -0.148. The van der Waals surface area contributed by atoms with Gasteiger partial charge >= 0.3 is 11.8 Å².